The van der Waals surface area contributed by atoms with Gasteiger partial charge >= 0.3 is 212 Å². The molecule has 0 aliphatic rings. The van der Waals surface area contributed by atoms with Crippen LogP contribution in [0.3, 0.4) is 0 Å². The van der Waals surface area contributed by atoms with Crippen molar-refractivity contribution in [2.75, 3.05) is 10.6 Å². The molecular weight excluding hydrogens is 615 g/mol. The van der Waals surface area contributed by atoms with E-state index in [4.69, 9.17) is 7.13 Å². The van der Waals surface area contributed by atoms with Crippen molar-refractivity contribution in [3.63, 3.8) is 0 Å². The number of amides is 2. The van der Waals surface area contributed by atoms with Crippen molar-refractivity contribution in [3.8, 4) is 0 Å². The molecular formula is C30H22N4O6Rh. The molecule has 0 fully saturated rings. The van der Waals surface area contributed by atoms with Crippen LogP contribution in [0.25, 0.3) is 0 Å². The van der Waals surface area contributed by atoms with Gasteiger partial charge in [-0.1, -0.05) is 0 Å². The van der Waals surface area contributed by atoms with E-state index in [1.807, 2.05) is 48.5 Å². The van der Waals surface area contributed by atoms with E-state index in [-0.39, 0.29) is 0 Å². The van der Waals surface area contributed by atoms with E-state index >= 15 is 0 Å². The number of carbonyl (C=O) groups excluding carboxylic acids is 4. The standard InChI is InChI=1S/2C15H12N2O3.Rh/c2*18-10-16-13-5-1-11(2-6-13)9-12-3-7-14(8-4-12)17-15(19)20;/h2*1-8,17H,9H2,(H,19,20);/q;;+2/p-2. The summed E-state index contributed by atoms with van der Waals surface area (Å²) in [4.78, 5) is 51.9. The Morgan fingerprint density at radius 2 is 0.878 bits per heavy atom. The van der Waals surface area contributed by atoms with Gasteiger partial charge in [-0.3, -0.25) is 0 Å². The number of hydrogen-bond acceptors (Lipinski definition) is 8. The average Bonchev–Trinajstić information content (AvgIpc) is 2.97. The fourth-order valence-electron chi connectivity index (χ4n) is 3.70. The van der Waals surface area contributed by atoms with Crippen molar-refractivity contribution < 1.29 is 44.2 Å². The molecule has 4 aromatic carbocycles. The van der Waals surface area contributed by atoms with Gasteiger partial charge in [-0.2, -0.15) is 9.98 Å². The van der Waals surface area contributed by atoms with Crippen LogP contribution in [0.4, 0.5) is 32.3 Å². The van der Waals surface area contributed by atoms with Crippen LogP contribution in [0.1, 0.15) is 22.3 Å². The Kier molecular flexibility index (Phi) is 10.4. The summed E-state index contributed by atoms with van der Waals surface area (Å²) in [6.07, 6.45) is 2.87. The average molecular weight is 637 g/mol. The summed E-state index contributed by atoms with van der Waals surface area (Å²) in [6.45, 7) is 0. The predicted octanol–water partition coefficient (Wildman–Crippen LogP) is 6.51. The maximum atomic E-state index is 12.1. The number of anilines is 2. The summed E-state index contributed by atoms with van der Waals surface area (Å²) in [7, 11) is 0. The van der Waals surface area contributed by atoms with Crippen molar-refractivity contribution in [3.05, 3.63) is 119 Å². The molecule has 0 aromatic heterocycles. The van der Waals surface area contributed by atoms with Gasteiger partial charge in [0, 0.05) is 0 Å². The molecule has 0 saturated carbocycles. The molecule has 2 N–H and O–H groups in total. The first-order valence-electron chi connectivity index (χ1n) is 12.1. The van der Waals surface area contributed by atoms with Crippen molar-refractivity contribution in [1.82, 2.24) is 0 Å². The minimum absolute atomic E-state index is 0.529. The second-order valence-electron chi connectivity index (χ2n) is 8.50. The van der Waals surface area contributed by atoms with Gasteiger partial charge in [0.05, 0.1) is 0 Å². The third-order valence-electron chi connectivity index (χ3n) is 5.62. The molecule has 0 unspecified atom stereocenters. The van der Waals surface area contributed by atoms with E-state index in [0.29, 0.717) is 35.6 Å². The molecule has 0 aliphatic heterocycles. The van der Waals surface area contributed by atoms with Crippen LogP contribution in [0.5, 0.6) is 0 Å². The Morgan fingerprint density at radius 1 is 0.561 bits per heavy atom. The van der Waals surface area contributed by atoms with Crippen LogP contribution in [0.15, 0.2) is 107 Å². The topological polar surface area (TPSA) is 136 Å². The molecule has 207 valence electrons. The molecule has 0 bridgehead atoms. The molecule has 0 atom stereocenters. The Morgan fingerprint density at radius 3 is 1.20 bits per heavy atom. The zero-order valence-electron chi connectivity index (χ0n) is 21.3. The summed E-state index contributed by atoms with van der Waals surface area (Å²) in [5.41, 5.74) is 6.27. The molecule has 0 aliphatic carbocycles. The SMILES string of the molecule is O=C=Nc1ccc(Cc2ccc(NC(=O)[O][Rh][O]C(=O)Nc3ccc(Cc4ccc(N=C=O)cc4)cc3)cc2)cc1. The number of nitrogens with zero attached hydrogens (tertiary/aromatic N) is 2. The molecule has 4 rings (SSSR count). The van der Waals surface area contributed by atoms with Crippen molar-refractivity contribution in [1.29, 1.82) is 0 Å². The molecule has 2 amide bonds. The number of rotatable bonds is 10. The van der Waals surface area contributed by atoms with E-state index in [1.54, 1.807) is 48.5 Å². The first-order chi connectivity index (χ1) is 20.0. The number of benzene rings is 4. The van der Waals surface area contributed by atoms with Gasteiger partial charge in [0.25, 0.3) is 0 Å². The summed E-state index contributed by atoms with van der Waals surface area (Å²) in [6, 6.07) is 28.9. The van der Waals surface area contributed by atoms with E-state index in [9.17, 15) is 19.2 Å². The Bertz CT molecular complexity index is 1460. The van der Waals surface area contributed by atoms with Crippen LogP contribution in [-0.2, 0) is 47.4 Å². The number of hydrogen-bond donors (Lipinski definition) is 2. The summed E-state index contributed by atoms with van der Waals surface area (Å²) < 4.78 is 9.99. The predicted molar refractivity (Wildman–Crippen MR) is 147 cm³/mol. The van der Waals surface area contributed by atoms with E-state index in [0.717, 1.165) is 22.3 Å². The second kappa shape index (κ2) is 14.8. The normalized spacial score (nSPS) is 10.0. The van der Waals surface area contributed by atoms with Gasteiger partial charge < -0.3 is 0 Å². The zero-order chi connectivity index (χ0) is 28.9. The Labute approximate surface area is 243 Å². The van der Waals surface area contributed by atoms with Crippen molar-refractivity contribution >= 4 is 47.1 Å². The molecule has 0 radical (unpaired) electrons. The van der Waals surface area contributed by atoms with Crippen LogP contribution < -0.4 is 10.6 Å². The van der Waals surface area contributed by atoms with Crippen LogP contribution in [-0.4, -0.2) is 24.3 Å². The number of isocyanates is 2. The quantitative estimate of drug-likeness (QED) is 0.116. The number of nitrogens with one attached hydrogen (secondary N) is 2. The van der Waals surface area contributed by atoms with Crippen LogP contribution >= 0.6 is 0 Å². The van der Waals surface area contributed by atoms with Gasteiger partial charge in [-0.05, 0) is 0 Å². The molecule has 11 heteroatoms. The molecule has 41 heavy (non-hydrogen) atoms. The van der Waals surface area contributed by atoms with Gasteiger partial charge in [0.15, 0.2) is 0 Å². The zero-order valence-corrected chi connectivity index (χ0v) is 23.0. The number of carbonyl (C=O) groups is 2. The third kappa shape index (κ3) is 9.49. The van der Waals surface area contributed by atoms with E-state index < -0.39 is 30.0 Å². The fourth-order valence-corrected chi connectivity index (χ4v) is 4.18. The monoisotopic (exact) mass is 637 g/mol. The first kappa shape index (κ1) is 28.8. The number of aliphatic imine (C=N–C) groups is 2. The van der Waals surface area contributed by atoms with Gasteiger partial charge in [-0.25, -0.2) is 9.59 Å². The van der Waals surface area contributed by atoms with Crippen LogP contribution in [0.2, 0.25) is 0 Å². The molecule has 0 saturated heterocycles. The molecule has 0 heterocycles. The van der Waals surface area contributed by atoms with Gasteiger partial charge in [0.1, 0.15) is 0 Å². The van der Waals surface area contributed by atoms with Gasteiger partial charge in [-0.15, -0.1) is 0 Å². The Balaban J connectivity index is 1.16. The van der Waals surface area contributed by atoms with Crippen molar-refractivity contribution in [2.24, 2.45) is 9.98 Å². The molecule has 0 spiro atoms. The first-order valence-corrected chi connectivity index (χ1v) is 13.4. The summed E-state index contributed by atoms with van der Waals surface area (Å²) in [5.74, 6) is 0. The van der Waals surface area contributed by atoms with Gasteiger partial charge in [0.2, 0.25) is 12.2 Å². The maximum absolute atomic E-state index is 12.1. The fraction of sp³-hybridized carbons (Fsp3) is 0.0667. The van der Waals surface area contributed by atoms with Crippen LogP contribution in [0, 0.1) is 0 Å². The third-order valence-corrected chi connectivity index (χ3v) is 6.50. The minimum atomic E-state index is -1.25. The molecule has 4 aromatic rings. The van der Waals surface area contributed by atoms with E-state index in [1.165, 1.54) is 12.2 Å². The Hall–Kier alpha value is -5.20. The second-order valence-corrected chi connectivity index (χ2v) is 9.45. The molecule has 10 nitrogen and oxygen atoms in total. The van der Waals surface area contributed by atoms with E-state index in [2.05, 4.69) is 20.6 Å². The summed E-state index contributed by atoms with van der Waals surface area (Å²) >= 11 is -1.25. The van der Waals surface area contributed by atoms with Crippen molar-refractivity contribution in [2.45, 2.75) is 12.8 Å². The summed E-state index contributed by atoms with van der Waals surface area (Å²) in [5, 5.41) is 5.17.